The van der Waals surface area contributed by atoms with Crippen LogP contribution in [0.3, 0.4) is 0 Å². The largest absolute Gasteiger partial charge is 0.477 e. The zero-order valence-electron chi connectivity index (χ0n) is 44.0. The molecule has 388 valence electrons. The van der Waals surface area contributed by atoms with E-state index in [9.17, 15) is 19.5 Å². The lowest BCUT2D eigenvalue weighted by molar-refractivity contribution is -0.870. The minimum absolute atomic E-state index is 0.182. The molecule has 0 aliphatic rings. The summed E-state index contributed by atoms with van der Waals surface area (Å²) < 4.78 is 22.7. The standard InChI is InChI=1S/C59H99NO8/c1-6-8-10-12-14-16-18-19-20-21-22-23-24-25-26-27-28-29-30-31-32-33-34-35-36-37-38-39-40-42-44-46-48-50-57(62)68-55(54-67-59(58(63)64)65-52-51-60(3,4)5)53-66-56(61)49-47-45-43-41-17-15-13-11-9-7-2/h8,10-11,13-14,16,19-20,22-23,25-26,28-29,31-32,55,59H,6-7,9,12,15,17-18,21,24,27,30,33-54H2,1-5H3/p+1/b10-8-,13-11-,16-14-,20-19-,23-22-,26-25-,29-28-,32-31-. The number of hydrogen-bond donors (Lipinski definition) is 1. The number of esters is 2. The van der Waals surface area contributed by atoms with E-state index in [1.807, 2.05) is 21.1 Å². The topological polar surface area (TPSA) is 108 Å². The van der Waals surface area contributed by atoms with Gasteiger partial charge in [0.05, 0.1) is 34.4 Å². The van der Waals surface area contributed by atoms with Gasteiger partial charge in [-0.2, -0.15) is 0 Å². The molecule has 0 bridgehead atoms. The Balaban J connectivity index is 4.16. The summed E-state index contributed by atoms with van der Waals surface area (Å²) in [7, 11) is 5.95. The third-order valence-electron chi connectivity index (χ3n) is 11.1. The summed E-state index contributed by atoms with van der Waals surface area (Å²) in [5.74, 6) is -2.03. The highest BCUT2D eigenvalue weighted by atomic mass is 16.7. The van der Waals surface area contributed by atoms with Gasteiger partial charge in [-0.15, -0.1) is 0 Å². The van der Waals surface area contributed by atoms with Gasteiger partial charge in [0, 0.05) is 12.8 Å². The maximum absolute atomic E-state index is 12.8. The number of likely N-dealkylation sites (N-methyl/N-ethyl adjacent to an activating group) is 1. The molecule has 0 aromatic heterocycles. The maximum Gasteiger partial charge on any atom is 0.361 e. The number of hydrogen-bond acceptors (Lipinski definition) is 7. The van der Waals surface area contributed by atoms with E-state index in [-0.39, 0.29) is 38.6 Å². The minimum Gasteiger partial charge on any atom is -0.477 e. The van der Waals surface area contributed by atoms with E-state index in [4.69, 9.17) is 18.9 Å². The summed E-state index contributed by atoms with van der Waals surface area (Å²) >= 11 is 0. The molecule has 0 rings (SSSR count). The molecule has 0 saturated carbocycles. The highest BCUT2D eigenvalue weighted by molar-refractivity contribution is 5.71. The van der Waals surface area contributed by atoms with Crippen LogP contribution in [0.25, 0.3) is 0 Å². The highest BCUT2D eigenvalue weighted by Crippen LogP contribution is 2.15. The smallest absolute Gasteiger partial charge is 0.361 e. The van der Waals surface area contributed by atoms with Crippen LogP contribution in [0.15, 0.2) is 97.2 Å². The van der Waals surface area contributed by atoms with Crippen LogP contribution in [-0.4, -0.2) is 87.4 Å². The summed E-state index contributed by atoms with van der Waals surface area (Å²) in [6, 6.07) is 0. The van der Waals surface area contributed by atoms with Crippen LogP contribution in [0, 0.1) is 0 Å². The first-order valence-electron chi connectivity index (χ1n) is 26.9. The number of aliphatic carboxylic acids is 1. The first kappa shape index (κ1) is 64.2. The Labute approximate surface area is 416 Å². The average molecular weight is 951 g/mol. The molecule has 2 atom stereocenters. The van der Waals surface area contributed by atoms with Gasteiger partial charge in [-0.25, -0.2) is 4.79 Å². The van der Waals surface area contributed by atoms with Crippen molar-refractivity contribution in [1.29, 1.82) is 0 Å². The molecule has 0 amide bonds. The maximum atomic E-state index is 12.8. The van der Waals surface area contributed by atoms with Crippen LogP contribution in [0.2, 0.25) is 0 Å². The second-order valence-electron chi connectivity index (χ2n) is 18.8. The monoisotopic (exact) mass is 951 g/mol. The molecule has 9 heteroatoms. The fraction of sp³-hybridized carbons (Fsp3) is 0.678. The van der Waals surface area contributed by atoms with Crippen LogP contribution in [0.4, 0.5) is 0 Å². The van der Waals surface area contributed by atoms with E-state index >= 15 is 0 Å². The molecule has 0 aromatic carbocycles. The average Bonchev–Trinajstić information content (AvgIpc) is 3.30. The van der Waals surface area contributed by atoms with E-state index in [1.165, 1.54) is 51.4 Å². The van der Waals surface area contributed by atoms with Gasteiger partial charge in [-0.1, -0.05) is 195 Å². The van der Waals surface area contributed by atoms with Gasteiger partial charge < -0.3 is 28.5 Å². The fourth-order valence-corrected chi connectivity index (χ4v) is 6.94. The Morgan fingerprint density at radius 1 is 0.456 bits per heavy atom. The lowest BCUT2D eigenvalue weighted by atomic mass is 10.0. The Hall–Kier alpha value is -3.79. The van der Waals surface area contributed by atoms with Crippen molar-refractivity contribution in [1.82, 2.24) is 0 Å². The number of nitrogens with zero attached hydrogens (tertiary/aromatic N) is 1. The quantitative estimate of drug-likeness (QED) is 0.0211. The second-order valence-corrected chi connectivity index (χ2v) is 18.8. The van der Waals surface area contributed by atoms with Gasteiger partial charge in [-0.3, -0.25) is 9.59 Å². The Kier molecular flexibility index (Phi) is 46.9. The zero-order valence-corrected chi connectivity index (χ0v) is 44.0. The third-order valence-corrected chi connectivity index (χ3v) is 11.1. The number of allylic oxidation sites excluding steroid dienone is 16. The number of unbranched alkanes of at least 4 members (excludes halogenated alkanes) is 17. The zero-order chi connectivity index (χ0) is 49.9. The molecule has 0 fully saturated rings. The molecule has 1 N–H and O–H groups in total. The number of carbonyl (C=O) groups is 3. The lowest BCUT2D eigenvalue weighted by Crippen LogP contribution is -2.40. The molecule has 68 heavy (non-hydrogen) atoms. The number of rotatable bonds is 48. The number of quaternary nitrogens is 1. The van der Waals surface area contributed by atoms with E-state index in [0.29, 0.717) is 17.4 Å². The number of ether oxygens (including phenoxy) is 4. The van der Waals surface area contributed by atoms with Crippen molar-refractivity contribution in [2.24, 2.45) is 0 Å². The summed E-state index contributed by atoms with van der Waals surface area (Å²) in [4.78, 5) is 37.2. The van der Waals surface area contributed by atoms with Crippen molar-refractivity contribution >= 4 is 17.9 Å². The summed E-state index contributed by atoms with van der Waals surface area (Å²) in [5, 5.41) is 9.65. The molecule has 0 aromatic rings. The Morgan fingerprint density at radius 3 is 1.26 bits per heavy atom. The predicted molar refractivity (Wildman–Crippen MR) is 285 cm³/mol. The van der Waals surface area contributed by atoms with Gasteiger partial charge in [-0.05, 0) is 89.9 Å². The SMILES string of the molecule is CC/C=C\C/C=C\C/C=C\C/C=C\C/C=C\C/C=C\C/C=C\CCCCCCCCCCCCCC(=O)OC(COC(=O)CCCCCCC/C=C\CCC)COC(OCC[N+](C)(C)C)C(=O)O. The molecule has 0 aliphatic carbocycles. The van der Waals surface area contributed by atoms with E-state index in [2.05, 4.69) is 111 Å². The van der Waals surface area contributed by atoms with Crippen molar-refractivity contribution < 1.29 is 42.9 Å². The molecular formula is C59H100NO8+. The third kappa shape index (κ3) is 50.1. The van der Waals surface area contributed by atoms with E-state index < -0.39 is 24.3 Å². The predicted octanol–water partition coefficient (Wildman–Crippen LogP) is 15.4. The first-order chi connectivity index (χ1) is 33.1. The number of carboxylic acids is 1. The molecule has 0 heterocycles. The van der Waals surface area contributed by atoms with Gasteiger partial charge in [0.2, 0.25) is 0 Å². The molecule has 0 saturated heterocycles. The van der Waals surface area contributed by atoms with Crippen molar-refractivity contribution in [3.63, 3.8) is 0 Å². The normalized spacial score (nSPS) is 13.6. The molecule has 0 radical (unpaired) electrons. The fourth-order valence-electron chi connectivity index (χ4n) is 6.94. The van der Waals surface area contributed by atoms with Gasteiger partial charge in [0.15, 0.2) is 6.10 Å². The summed E-state index contributed by atoms with van der Waals surface area (Å²) in [6.45, 7) is 4.66. The first-order valence-corrected chi connectivity index (χ1v) is 26.9. The van der Waals surface area contributed by atoms with Crippen LogP contribution >= 0.6 is 0 Å². The van der Waals surface area contributed by atoms with E-state index in [0.717, 1.165) is 116 Å². The Bertz CT molecular complexity index is 1430. The van der Waals surface area contributed by atoms with Crippen LogP contribution in [0.1, 0.15) is 200 Å². The van der Waals surface area contributed by atoms with Crippen molar-refractivity contribution in [3.05, 3.63) is 97.2 Å². The van der Waals surface area contributed by atoms with Crippen molar-refractivity contribution in [3.8, 4) is 0 Å². The summed E-state index contributed by atoms with van der Waals surface area (Å²) in [5.41, 5.74) is 0. The summed E-state index contributed by atoms with van der Waals surface area (Å²) in [6.07, 6.45) is 63.5. The second kappa shape index (κ2) is 49.6. The van der Waals surface area contributed by atoms with Crippen molar-refractivity contribution in [2.45, 2.75) is 212 Å². The molecule has 0 aliphatic heterocycles. The molecular weight excluding hydrogens is 851 g/mol. The highest BCUT2D eigenvalue weighted by Gasteiger charge is 2.25. The Morgan fingerprint density at radius 2 is 0.838 bits per heavy atom. The lowest BCUT2D eigenvalue weighted by Gasteiger charge is -2.25. The molecule has 0 spiro atoms. The van der Waals surface area contributed by atoms with Crippen LogP contribution < -0.4 is 0 Å². The molecule has 2 unspecified atom stereocenters. The van der Waals surface area contributed by atoms with Gasteiger partial charge in [0.25, 0.3) is 6.29 Å². The van der Waals surface area contributed by atoms with Gasteiger partial charge in [0.1, 0.15) is 13.2 Å². The van der Waals surface area contributed by atoms with Crippen molar-refractivity contribution in [2.75, 3.05) is 47.5 Å². The minimum atomic E-state index is -1.52. The number of carbonyl (C=O) groups excluding carboxylic acids is 2. The molecule has 9 nitrogen and oxygen atoms in total. The number of carboxylic acid groups (broad SMARTS) is 1. The van der Waals surface area contributed by atoms with Gasteiger partial charge >= 0.3 is 17.9 Å². The van der Waals surface area contributed by atoms with Crippen LogP contribution in [-0.2, 0) is 33.3 Å². The van der Waals surface area contributed by atoms with E-state index in [1.54, 1.807) is 0 Å². The van der Waals surface area contributed by atoms with Crippen LogP contribution in [0.5, 0.6) is 0 Å².